The highest BCUT2D eigenvalue weighted by molar-refractivity contribution is 9.10. The Morgan fingerprint density at radius 3 is 2.68 bits per heavy atom. The highest BCUT2D eigenvalue weighted by Gasteiger charge is 2.17. The van der Waals surface area contributed by atoms with E-state index < -0.39 is 11.6 Å². The molecule has 0 radical (unpaired) electrons. The van der Waals surface area contributed by atoms with E-state index in [-0.39, 0.29) is 15.9 Å². The van der Waals surface area contributed by atoms with Crippen molar-refractivity contribution in [2.75, 3.05) is 5.32 Å². The molecule has 0 amide bonds. The van der Waals surface area contributed by atoms with Gasteiger partial charge in [0.05, 0.1) is 21.4 Å². The third-order valence-electron chi connectivity index (χ3n) is 2.47. The lowest BCUT2D eigenvalue weighted by Gasteiger charge is -2.08. The first-order valence-electron chi connectivity index (χ1n) is 5.29. The molecule has 0 bridgehead atoms. The van der Waals surface area contributed by atoms with E-state index in [9.17, 15) is 13.6 Å². The van der Waals surface area contributed by atoms with Gasteiger partial charge in [-0.1, -0.05) is 0 Å². The molecule has 0 unspecified atom stereocenters. The van der Waals surface area contributed by atoms with E-state index in [0.717, 1.165) is 17.6 Å². The molecule has 0 saturated heterocycles. The predicted molar refractivity (Wildman–Crippen MR) is 74.2 cm³/mol. The second kappa shape index (κ2) is 5.34. The molecular weight excluding hydrogens is 338 g/mol. The maximum Gasteiger partial charge on any atom is 0.164 e. The van der Waals surface area contributed by atoms with Crippen LogP contribution in [0.4, 0.5) is 19.5 Å². The normalized spacial score (nSPS) is 10.6. The van der Waals surface area contributed by atoms with Gasteiger partial charge in [-0.3, -0.25) is 4.79 Å². The van der Waals surface area contributed by atoms with Crippen molar-refractivity contribution in [1.82, 2.24) is 4.37 Å². The average molecular weight is 347 g/mol. The summed E-state index contributed by atoms with van der Waals surface area (Å²) in [7, 11) is 0. The summed E-state index contributed by atoms with van der Waals surface area (Å²) in [6.07, 6.45) is 0. The molecule has 0 saturated carbocycles. The van der Waals surface area contributed by atoms with Gasteiger partial charge in [-0.05, 0) is 47.4 Å². The van der Waals surface area contributed by atoms with Crippen LogP contribution in [0.25, 0.3) is 0 Å². The Morgan fingerprint density at radius 2 is 2.05 bits per heavy atom. The number of nitrogens with zero attached hydrogens (tertiary/aromatic N) is 1. The zero-order valence-electron chi connectivity index (χ0n) is 10.1. The molecule has 0 spiro atoms. The Balaban J connectivity index is 2.42. The largest absolute Gasteiger partial charge is 0.343 e. The predicted octanol–water partition coefficient (Wildman–Crippen LogP) is 4.44. The van der Waals surface area contributed by atoms with Crippen molar-refractivity contribution in [2.24, 2.45) is 0 Å². The number of benzene rings is 1. The second-order valence-electron chi connectivity index (χ2n) is 3.90. The lowest BCUT2D eigenvalue weighted by molar-refractivity contribution is 0.101. The number of halogens is 3. The molecule has 1 aromatic heterocycles. The van der Waals surface area contributed by atoms with E-state index in [1.54, 1.807) is 6.92 Å². The van der Waals surface area contributed by atoms with E-state index in [4.69, 9.17) is 0 Å². The van der Waals surface area contributed by atoms with Crippen LogP contribution in [-0.2, 0) is 0 Å². The van der Waals surface area contributed by atoms with E-state index in [1.165, 1.54) is 13.0 Å². The van der Waals surface area contributed by atoms with Gasteiger partial charge < -0.3 is 5.32 Å². The highest BCUT2D eigenvalue weighted by atomic mass is 79.9. The zero-order valence-corrected chi connectivity index (χ0v) is 12.5. The SMILES string of the molecule is CC(=O)c1c(C)nsc1Nc1cc(Br)c(F)cc1F. The molecule has 2 rings (SSSR count). The summed E-state index contributed by atoms with van der Waals surface area (Å²) in [6.45, 7) is 3.12. The van der Waals surface area contributed by atoms with Crippen LogP contribution < -0.4 is 5.32 Å². The summed E-state index contributed by atoms with van der Waals surface area (Å²) in [4.78, 5) is 11.5. The van der Waals surface area contributed by atoms with Gasteiger partial charge in [0.25, 0.3) is 0 Å². The number of aryl methyl sites for hydroxylation is 1. The molecular formula is C12H9BrF2N2OS. The van der Waals surface area contributed by atoms with Crippen LogP contribution in [0.1, 0.15) is 23.0 Å². The lowest BCUT2D eigenvalue weighted by atomic mass is 10.2. The van der Waals surface area contributed by atoms with Crippen LogP contribution in [-0.4, -0.2) is 10.2 Å². The number of ketones is 1. The van der Waals surface area contributed by atoms with Crippen molar-refractivity contribution in [1.29, 1.82) is 0 Å². The topological polar surface area (TPSA) is 42.0 Å². The Bertz CT molecular complexity index is 657. The number of carbonyl (C=O) groups excluding carboxylic acids is 1. The van der Waals surface area contributed by atoms with E-state index in [1.807, 2.05) is 0 Å². The fraction of sp³-hybridized carbons (Fsp3) is 0.167. The first kappa shape index (κ1) is 14.1. The highest BCUT2D eigenvalue weighted by Crippen LogP contribution is 2.31. The van der Waals surface area contributed by atoms with Crippen LogP contribution in [0, 0.1) is 18.6 Å². The Labute approximate surface area is 120 Å². The zero-order chi connectivity index (χ0) is 14.2. The maximum absolute atomic E-state index is 13.6. The number of hydrogen-bond donors (Lipinski definition) is 1. The molecule has 100 valence electrons. The van der Waals surface area contributed by atoms with Gasteiger partial charge in [0.15, 0.2) is 5.78 Å². The molecule has 7 heteroatoms. The fourth-order valence-electron chi connectivity index (χ4n) is 1.61. The number of nitrogens with one attached hydrogen (secondary N) is 1. The number of aromatic nitrogens is 1. The first-order chi connectivity index (χ1) is 8.90. The van der Waals surface area contributed by atoms with Gasteiger partial charge in [-0.25, -0.2) is 8.78 Å². The number of anilines is 2. The summed E-state index contributed by atoms with van der Waals surface area (Å²) >= 11 is 4.05. The van der Waals surface area contributed by atoms with Crippen LogP contribution >= 0.6 is 27.5 Å². The van der Waals surface area contributed by atoms with Crippen LogP contribution in [0.2, 0.25) is 0 Å². The van der Waals surface area contributed by atoms with Crippen molar-refractivity contribution < 1.29 is 13.6 Å². The Kier molecular flexibility index (Phi) is 3.96. The number of carbonyl (C=O) groups is 1. The van der Waals surface area contributed by atoms with Gasteiger partial charge in [0, 0.05) is 6.07 Å². The summed E-state index contributed by atoms with van der Waals surface area (Å²) in [5, 5.41) is 3.22. The van der Waals surface area contributed by atoms with Crippen LogP contribution in [0.15, 0.2) is 16.6 Å². The van der Waals surface area contributed by atoms with Gasteiger partial charge >= 0.3 is 0 Å². The number of hydrogen-bond acceptors (Lipinski definition) is 4. The second-order valence-corrected chi connectivity index (χ2v) is 5.53. The molecule has 1 N–H and O–H groups in total. The monoisotopic (exact) mass is 346 g/mol. The average Bonchev–Trinajstić information content (AvgIpc) is 2.67. The van der Waals surface area contributed by atoms with Gasteiger partial charge in [0.2, 0.25) is 0 Å². The summed E-state index contributed by atoms with van der Waals surface area (Å²) in [5.74, 6) is -1.58. The third-order valence-corrected chi connectivity index (χ3v) is 3.93. The van der Waals surface area contributed by atoms with E-state index in [2.05, 4.69) is 25.6 Å². The van der Waals surface area contributed by atoms with Crippen molar-refractivity contribution in [3.63, 3.8) is 0 Å². The van der Waals surface area contributed by atoms with Crippen molar-refractivity contribution >= 4 is 43.9 Å². The molecule has 2 aromatic rings. The Morgan fingerprint density at radius 1 is 1.37 bits per heavy atom. The van der Waals surface area contributed by atoms with E-state index >= 15 is 0 Å². The van der Waals surface area contributed by atoms with Crippen LogP contribution in [0.5, 0.6) is 0 Å². The standard InChI is InChI=1S/C12H9BrF2N2OS/c1-5-11(6(2)18)12(19-17-5)16-10-3-7(13)8(14)4-9(10)15/h3-4,16H,1-2H3. The molecule has 0 fully saturated rings. The smallest absolute Gasteiger partial charge is 0.164 e. The van der Waals surface area contributed by atoms with E-state index in [0.29, 0.717) is 16.3 Å². The maximum atomic E-state index is 13.6. The minimum Gasteiger partial charge on any atom is -0.343 e. The van der Waals surface area contributed by atoms with Crippen molar-refractivity contribution in [3.8, 4) is 0 Å². The summed E-state index contributed by atoms with van der Waals surface area (Å²) in [6, 6.07) is 2.05. The number of rotatable bonds is 3. The van der Waals surface area contributed by atoms with Crippen molar-refractivity contribution in [3.05, 3.63) is 39.5 Å². The first-order valence-corrected chi connectivity index (χ1v) is 6.85. The van der Waals surface area contributed by atoms with Crippen molar-refractivity contribution in [2.45, 2.75) is 13.8 Å². The van der Waals surface area contributed by atoms with Gasteiger partial charge in [-0.15, -0.1) is 0 Å². The lowest BCUT2D eigenvalue weighted by Crippen LogP contribution is -2.00. The molecule has 0 atom stereocenters. The molecule has 3 nitrogen and oxygen atoms in total. The third kappa shape index (κ3) is 2.82. The van der Waals surface area contributed by atoms with Gasteiger partial charge in [0.1, 0.15) is 16.6 Å². The van der Waals surface area contributed by atoms with Gasteiger partial charge in [-0.2, -0.15) is 4.37 Å². The minimum absolute atomic E-state index is 0.0828. The molecule has 0 aliphatic rings. The number of Topliss-reactive ketones (excluding diaryl/α,β-unsaturated/α-hetero) is 1. The Hall–Kier alpha value is -1.34. The molecule has 19 heavy (non-hydrogen) atoms. The fourth-order valence-corrected chi connectivity index (χ4v) is 2.81. The molecule has 1 aromatic carbocycles. The van der Waals surface area contributed by atoms with Crippen LogP contribution in [0.3, 0.4) is 0 Å². The molecule has 1 heterocycles. The minimum atomic E-state index is -0.735. The quantitative estimate of drug-likeness (QED) is 0.659. The molecule has 0 aliphatic carbocycles. The summed E-state index contributed by atoms with van der Waals surface area (Å²) in [5.41, 5.74) is 1.09. The summed E-state index contributed by atoms with van der Waals surface area (Å²) < 4.78 is 31.0. The molecule has 0 aliphatic heterocycles.